The first kappa shape index (κ1) is 33.4. The fourth-order valence-corrected chi connectivity index (χ4v) is 10.3. The minimum Gasteiger partial charge on any atom is -0.392 e. The Labute approximate surface area is 298 Å². The molecule has 4 atom stereocenters. The molecule has 0 radical (unpaired) electrons. The van der Waals surface area contributed by atoms with Crippen molar-refractivity contribution in [2.45, 2.75) is 87.8 Å². The lowest BCUT2D eigenvalue weighted by Gasteiger charge is -2.56. The van der Waals surface area contributed by atoms with Crippen molar-refractivity contribution in [1.29, 1.82) is 0 Å². The van der Waals surface area contributed by atoms with Crippen LogP contribution < -0.4 is 10.6 Å². The summed E-state index contributed by atoms with van der Waals surface area (Å²) in [5.74, 6) is 3.12. The number of hydrogen-bond acceptors (Lipinski definition) is 7. The maximum atomic E-state index is 13.2. The summed E-state index contributed by atoms with van der Waals surface area (Å²) in [6, 6.07) is 26.4. The fourth-order valence-electron chi connectivity index (χ4n) is 9.33. The number of ether oxygens (including phenoxy) is 2. The second kappa shape index (κ2) is 14.5. The number of amides is 2. The Morgan fingerprint density at radius 2 is 1.52 bits per heavy atom. The van der Waals surface area contributed by atoms with Gasteiger partial charge in [-0.25, -0.2) is 14.8 Å². The number of urea groups is 1. The zero-order chi connectivity index (χ0) is 34.1. The van der Waals surface area contributed by atoms with Gasteiger partial charge in [-0.3, -0.25) is 0 Å². The molecule has 5 fully saturated rings. The average molecular weight is 691 g/mol. The zero-order valence-corrected chi connectivity index (χ0v) is 29.4. The number of hydrogen-bond donors (Lipinski definition) is 3. The van der Waals surface area contributed by atoms with Crippen LogP contribution >= 0.6 is 11.8 Å². The number of aromatic nitrogens is 2. The van der Waals surface area contributed by atoms with E-state index in [2.05, 4.69) is 63.9 Å². The highest BCUT2D eigenvalue weighted by Gasteiger charge is 2.51. The number of nitrogens with one attached hydrogen (secondary N) is 2. The highest BCUT2D eigenvalue weighted by Crippen LogP contribution is 2.55. The quantitative estimate of drug-likeness (QED) is 0.114. The van der Waals surface area contributed by atoms with Crippen molar-refractivity contribution in [3.63, 3.8) is 0 Å². The van der Waals surface area contributed by atoms with Gasteiger partial charge in [0.15, 0.2) is 11.4 Å². The molecule has 1 aromatic heterocycles. The molecule has 260 valence electrons. The van der Waals surface area contributed by atoms with Gasteiger partial charge in [0.1, 0.15) is 0 Å². The predicted octanol–water partition coefficient (Wildman–Crippen LogP) is 7.99. The monoisotopic (exact) mass is 690 g/mol. The molecule has 5 aliphatic rings. The molecule has 4 aromatic rings. The van der Waals surface area contributed by atoms with Crippen LogP contribution in [0.1, 0.15) is 80.1 Å². The topological polar surface area (TPSA) is 106 Å². The number of rotatable bonds is 10. The van der Waals surface area contributed by atoms with E-state index < -0.39 is 6.29 Å². The van der Waals surface area contributed by atoms with Crippen LogP contribution in [-0.2, 0) is 22.6 Å². The number of carbonyl (C=O) groups excluding carboxylic acids is 1. The standard InChI is InChI=1S/C41H46N4O4S/c1-26-36(25-50-40-42-15-4-16-43-40)48-38(49-37(26)32-9-7-27(24-46)8-10-32)33-13-11-31(12-14-33)35-6-3-2-5-34(35)23-44-39(47)45-41-20-28-17-29(21-41)19-30(18-28)22-41/h2-16,26,28-30,36-38,46H,17-25H2,1H3,(H2,44,45,47)/t26-,28?,29?,30?,36+,37+,38+,41?/m0/s1. The van der Waals surface area contributed by atoms with Crippen molar-refractivity contribution in [3.05, 3.63) is 114 Å². The molecule has 0 spiro atoms. The summed E-state index contributed by atoms with van der Waals surface area (Å²) < 4.78 is 13.3. The van der Waals surface area contributed by atoms with Gasteiger partial charge in [0, 0.05) is 41.7 Å². The Kier molecular flexibility index (Phi) is 9.66. The van der Waals surface area contributed by atoms with E-state index in [4.69, 9.17) is 9.47 Å². The van der Waals surface area contributed by atoms with E-state index in [1.54, 1.807) is 24.2 Å². The summed E-state index contributed by atoms with van der Waals surface area (Å²) in [5.41, 5.74) is 6.09. The largest absolute Gasteiger partial charge is 0.392 e. The van der Waals surface area contributed by atoms with Crippen molar-refractivity contribution >= 4 is 17.8 Å². The van der Waals surface area contributed by atoms with Crippen LogP contribution in [0.3, 0.4) is 0 Å². The molecular weight excluding hydrogens is 645 g/mol. The summed E-state index contributed by atoms with van der Waals surface area (Å²) in [5, 5.41) is 16.9. The maximum absolute atomic E-state index is 13.2. The molecule has 8 nitrogen and oxygen atoms in total. The third kappa shape index (κ3) is 7.19. The van der Waals surface area contributed by atoms with E-state index >= 15 is 0 Å². The Morgan fingerprint density at radius 1 is 0.860 bits per heavy atom. The third-order valence-corrected chi connectivity index (χ3v) is 12.4. The number of thioether (sulfide) groups is 1. The molecule has 2 amide bonds. The lowest BCUT2D eigenvalue weighted by atomic mass is 9.53. The van der Waals surface area contributed by atoms with Gasteiger partial charge in [-0.2, -0.15) is 0 Å². The molecule has 1 aliphatic heterocycles. The molecular formula is C41H46N4O4S. The highest BCUT2D eigenvalue weighted by molar-refractivity contribution is 7.99. The number of carbonyl (C=O) groups is 1. The lowest BCUT2D eigenvalue weighted by Crippen LogP contribution is -2.61. The number of aliphatic hydroxyl groups excluding tert-OH is 1. The normalized spacial score (nSPS) is 29.8. The molecule has 9 heteroatoms. The Balaban J connectivity index is 0.962. The van der Waals surface area contributed by atoms with Crippen molar-refractivity contribution in [2.24, 2.45) is 23.7 Å². The third-order valence-electron chi connectivity index (χ3n) is 11.4. The summed E-state index contributed by atoms with van der Waals surface area (Å²) >= 11 is 1.58. The van der Waals surface area contributed by atoms with Gasteiger partial charge in [0.2, 0.25) is 0 Å². The van der Waals surface area contributed by atoms with E-state index in [0.29, 0.717) is 12.3 Å². The highest BCUT2D eigenvalue weighted by atomic mass is 32.2. The van der Waals surface area contributed by atoms with E-state index in [1.165, 1.54) is 19.3 Å². The van der Waals surface area contributed by atoms with Crippen LogP contribution in [0.15, 0.2) is 96.4 Å². The lowest BCUT2D eigenvalue weighted by molar-refractivity contribution is -0.268. The number of nitrogens with zero attached hydrogens (tertiary/aromatic N) is 2. The van der Waals surface area contributed by atoms with Crippen LogP contribution in [0.4, 0.5) is 4.79 Å². The Bertz CT molecular complexity index is 1730. The molecule has 3 aromatic carbocycles. The first-order chi connectivity index (χ1) is 24.4. The number of benzene rings is 3. The number of aliphatic hydroxyl groups is 1. The van der Waals surface area contributed by atoms with Crippen molar-refractivity contribution < 1.29 is 19.4 Å². The average Bonchev–Trinajstić information content (AvgIpc) is 3.13. The van der Waals surface area contributed by atoms with Crippen LogP contribution in [0, 0.1) is 23.7 Å². The molecule has 0 unspecified atom stereocenters. The minimum atomic E-state index is -0.560. The fraction of sp³-hybridized carbons (Fsp3) is 0.439. The molecule has 50 heavy (non-hydrogen) atoms. The first-order valence-electron chi connectivity index (χ1n) is 18.1. The van der Waals surface area contributed by atoms with E-state index in [9.17, 15) is 9.90 Å². The Hall–Kier alpha value is -3.76. The molecule has 3 N–H and O–H groups in total. The summed E-state index contributed by atoms with van der Waals surface area (Å²) in [7, 11) is 0. The molecule has 4 saturated carbocycles. The van der Waals surface area contributed by atoms with Crippen molar-refractivity contribution in [1.82, 2.24) is 20.6 Å². The van der Waals surface area contributed by atoms with Gasteiger partial charge in [-0.1, -0.05) is 91.5 Å². The summed E-state index contributed by atoms with van der Waals surface area (Å²) in [6.45, 7) is 2.63. The molecule has 9 rings (SSSR count). The maximum Gasteiger partial charge on any atom is 0.315 e. The molecule has 4 bridgehead atoms. The van der Waals surface area contributed by atoms with E-state index in [0.717, 1.165) is 75.6 Å². The second-order valence-corrected chi connectivity index (χ2v) is 15.9. The zero-order valence-electron chi connectivity index (χ0n) is 28.5. The van der Waals surface area contributed by atoms with Crippen LogP contribution in [0.5, 0.6) is 0 Å². The molecule has 2 heterocycles. The SMILES string of the molecule is C[C@H]1[C@@H](CSc2ncccn2)O[C@@H](c2ccc(-c3ccccc3CNC(=O)NC34CC5CC(CC(C5)C3)C4)cc2)O[C@H]1c1ccc(CO)cc1. The van der Waals surface area contributed by atoms with Gasteiger partial charge < -0.3 is 25.2 Å². The molecule has 1 saturated heterocycles. The van der Waals surface area contributed by atoms with Crippen LogP contribution in [0.25, 0.3) is 11.1 Å². The van der Waals surface area contributed by atoms with Crippen molar-refractivity contribution in [2.75, 3.05) is 5.75 Å². The minimum absolute atomic E-state index is 0.00398. The summed E-state index contributed by atoms with van der Waals surface area (Å²) in [4.78, 5) is 22.0. The molecule has 4 aliphatic carbocycles. The second-order valence-electron chi connectivity index (χ2n) is 14.9. The van der Waals surface area contributed by atoms with Crippen LogP contribution in [0.2, 0.25) is 0 Å². The van der Waals surface area contributed by atoms with E-state index in [1.807, 2.05) is 42.5 Å². The van der Waals surface area contributed by atoms with Crippen LogP contribution in [-0.4, -0.2) is 38.5 Å². The van der Waals surface area contributed by atoms with Gasteiger partial charge in [0.25, 0.3) is 0 Å². The van der Waals surface area contributed by atoms with E-state index in [-0.39, 0.29) is 36.3 Å². The van der Waals surface area contributed by atoms with Gasteiger partial charge >= 0.3 is 6.03 Å². The van der Waals surface area contributed by atoms with Gasteiger partial charge in [0.05, 0.1) is 18.8 Å². The Morgan fingerprint density at radius 3 is 2.20 bits per heavy atom. The smallest absolute Gasteiger partial charge is 0.315 e. The summed E-state index contributed by atoms with van der Waals surface area (Å²) in [6.07, 6.45) is 10.1. The predicted molar refractivity (Wildman–Crippen MR) is 194 cm³/mol. The van der Waals surface area contributed by atoms with Gasteiger partial charge in [-0.15, -0.1) is 0 Å². The van der Waals surface area contributed by atoms with Crippen molar-refractivity contribution in [3.8, 4) is 11.1 Å². The van der Waals surface area contributed by atoms with Gasteiger partial charge in [-0.05, 0) is 90.2 Å². The first-order valence-corrected chi connectivity index (χ1v) is 19.1.